The monoisotopic (exact) mass is 398 g/mol. The lowest BCUT2D eigenvalue weighted by molar-refractivity contribution is -0.114. The molecule has 2 aliphatic rings. The number of allylic oxidation sites excluding steroid dienone is 1. The van der Waals surface area contributed by atoms with Gasteiger partial charge in [0, 0.05) is 31.2 Å². The van der Waals surface area contributed by atoms with E-state index in [1.807, 2.05) is 0 Å². The van der Waals surface area contributed by atoms with Crippen LogP contribution in [0.4, 0.5) is 5.13 Å². The molecule has 3 heterocycles. The number of nitrogens with one attached hydrogen (secondary N) is 1. The van der Waals surface area contributed by atoms with E-state index in [4.69, 9.17) is 15.1 Å². The molecule has 1 aliphatic heterocycles. The zero-order chi connectivity index (χ0) is 19.8. The third-order valence-electron chi connectivity index (χ3n) is 4.99. The fourth-order valence-electron chi connectivity index (χ4n) is 3.69. The van der Waals surface area contributed by atoms with Crippen LogP contribution in [0, 0.1) is 0 Å². The molecule has 4 rings (SSSR count). The van der Waals surface area contributed by atoms with E-state index in [1.54, 1.807) is 11.3 Å². The number of hydrogen-bond acceptors (Lipinski definition) is 6. The molecule has 7 nitrogen and oxygen atoms in total. The van der Waals surface area contributed by atoms with Crippen LogP contribution >= 0.6 is 11.3 Å². The smallest absolute Gasteiger partial charge is 0.223 e. The van der Waals surface area contributed by atoms with E-state index >= 15 is 0 Å². The molecule has 0 fully saturated rings. The molecular weight excluding hydrogens is 372 g/mol. The van der Waals surface area contributed by atoms with Gasteiger partial charge >= 0.3 is 0 Å². The summed E-state index contributed by atoms with van der Waals surface area (Å²) in [6, 6.07) is 0. The van der Waals surface area contributed by atoms with Crippen molar-refractivity contribution in [3.05, 3.63) is 23.0 Å². The highest BCUT2D eigenvalue weighted by molar-refractivity contribution is 7.19. The van der Waals surface area contributed by atoms with Gasteiger partial charge in [0.25, 0.3) is 0 Å². The Morgan fingerprint density at radius 1 is 1.36 bits per heavy atom. The van der Waals surface area contributed by atoms with Gasteiger partial charge < -0.3 is 10.2 Å². The summed E-state index contributed by atoms with van der Waals surface area (Å²) >= 11 is 1.55. The molecule has 1 aliphatic carbocycles. The van der Waals surface area contributed by atoms with E-state index in [2.05, 4.69) is 42.0 Å². The number of carbonyl (C=O) groups is 1. The third kappa shape index (κ3) is 3.66. The van der Waals surface area contributed by atoms with Gasteiger partial charge in [-0.3, -0.25) is 14.5 Å². The second kappa shape index (κ2) is 7.60. The van der Waals surface area contributed by atoms with Gasteiger partial charge in [0.15, 0.2) is 5.13 Å². The molecular formula is C20H26N6OS. The molecule has 2 aromatic rings. The number of nitrogens with zero attached hydrogens (tertiary/aromatic N) is 5. The van der Waals surface area contributed by atoms with Crippen LogP contribution in [0.3, 0.4) is 0 Å². The number of aromatic nitrogens is 3. The summed E-state index contributed by atoms with van der Waals surface area (Å²) in [5.74, 6) is -0.0909. The summed E-state index contributed by atoms with van der Waals surface area (Å²) in [6.45, 7) is 5.29. The summed E-state index contributed by atoms with van der Waals surface area (Å²) in [7, 11) is 4.15. The van der Waals surface area contributed by atoms with Crippen molar-refractivity contribution >= 4 is 33.8 Å². The van der Waals surface area contributed by atoms with Gasteiger partial charge in [0.05, 0.1) is 28.5 Å². The number of rotatable bonds is 5. The second-order valence-electron chi connectivity index (χ2n) is 7.67. The number of aliphatic imine (C=N–C) groups is 1. The predicted molar refractivity (Wildman–Crippen MR) is 114 cm³/mol. The Labute approximate surface area is 169 Å². The van der Waals surface area contributed by atoms with Gasteiger partial charge in [-0.05, 0) is 40.3 Å². The molecule has 8 heteroatoms. The summed E-state index contributed by atoms with van der Waals surface area (Å²) in [6.07, 6.45) is 5.97. The van der Waals surface area contributed by atoms with Gasteiger partial charge in [-0.1, -0.05) is 17.4 Å². The summed E-state index contributed by atoms with van der Waals surface area (Å²) in [5.41, 5.74) is 6.61. The first-order chi connectivity index (χ1) is 13.4. The second-order valence-corrected chi connectivity index (χ2v) is 8.67. The fraction of sp³-hybridized carbons (Fsp3) is 0.500. The largest absolute Gasteiger partial charge is 0.308 e. The predicted octanol–water partition coefficient (Wildman–Crippen LogP) is 3.22. The molecule has 1 N–H and O–H groups in total. The maximum absolute atomic E-state index is 11.5. The number of hydrogen-bond donors (Lipinski definition) is 1. The lowest BCUT2D eigenvalue weighted by Gasteiger charge is -2.12. The normalized spacial score (nSPS) is 15.8. The molecule has 1 amide bonds. The zero-order valence-corrected chi connectivity index (χ0v) is 17.7. The first kappa shape index (κ1) is 19.0. The zero-order valence-electron chi connectivity index (χ0n) is 16.9. The Hall–Kier alpha value is -2.32. The van der Waals surface area contributed by atoms with E-state index in [9.17, 15) is 4.79 Å². The van der Waals surface area contributed by atoms with E-state index in [0.29, 0.717) is 5.13 Å². The number of thiazole rings is 1. The first-order valence-corrected chi connectivity index (χ1v) is 10.5. The minimum Gasteiger partial charge on any atom is -0.308 e. The Bertz CT molecular complexity index is 981. The number of aryl methyl sites for hydroxylation is 1. The minimum atomic E-state index is -0.0909. The average Bonchev–Trinajstić information content (AvgIpc) is 3.27. The first-order valence-electron chi connectivity index (χ1n) is 9.69. The van der Waals surface area contributed by atoms with Gasteiger partial charge in [-0.2, -0.15) is 5.10 Å². The van der Waals surface area contributed by atoms with Gasteiger partial charge in [-0.25, -0.2) is 4.98 Å². The van der Waals surface area contributed by atoms with Gasteiger partial charge in [0.1, 0.15) is 5.69 Å². The highest BCUT2D eigenvalue weighted by Crippen LogP contribution is 2.41. The van der Waals surface area contributed by atoms with Crippen molar-refractivity contribution in [2.24, 2.45) is 4.99 Å². The van der Waals surface area contributed by atoms with Crippen LogP contribution in [-0.2, 0) is 24.2 Å². The topological polar surface area (TPSA) is 75.4 Å². The lowest BCUT2D eigenvalue weighted by Crippen LogP contribution is -2.19. The molecule has 148 valence electrons. The number of anilines is 1. The number of amides is 1. The summed E-state index contributed by atoms with van der Waals surface area (Å²) in [4.78, 5) is 24.2. The van der Waals surface area contributed by atoms with Crippen LogP contribution < -0.4 is 5.32 Å². The Kier molecular flexibility index (Phi) is 5.16. The minimum absolute atomic E-state index is 0.0909. The van der Waals surface area contributed by atoms with Crippen molar-refractivity contribution in [3.63, 3.8) is 0 Å². The van der Waals surface area contributed by atoms with Crippen LogP contribution in [0.1, 0.15) is 43.6 Å². The highest BCUT2D eigenvalue weighted by Gasteiger charge is 2.29. The van der Waals surface area contributed by atoms with Crippen LogP contribution in [0.15, 0.2) is 11.1 Å². The standard InChI is InChI=1S/C20H26N6OS/c1-12-8-9-15(21-12)17-14-6-5-7-16-19(28-20(23-16)22-13(2)27)18(14)26(24-17)11-10-25(3)4/h9H,5-8,10-11H2,1-4H3,(H,22,23,27). The van der Waals surface area contributed by atoms with E-state index < -0.39 is 0 Å². The van der Waals surface area contributed by atoms with Crippen molar-refractivity contribution in [3.8, 4) is 10.6 Å². The molecule has 0 spiro atoms. The van der Waals surface area contributed by atoms with Crippen molar-refractivity contribution in [2.75, 3.05) is 26.0 Å². The number of likely N-dealkylation sites (N-methyl/N-ethyl adjacent to an activating group) is 1. The number of carbonyl (C=O) groups excluding carboxylic acids is 1. The Morgan fingerprint density at radius 2 is 2.18 bits per heavy atom. The van der Waals surface area contributed by atoms with Crippen molar-refractivity contribution in [1.82, 2.24) is 19.7 Å². The molecule has 0 bridgehead atoms. The maximum atomic E-state index is 11.5. The molecule has 0 atom stereocenters. The molecule has 0 saturated heterocycles. The average molecular weight is 399 g/mol. The lowest BCUT2D eigenvalue weighted by atomic mass is 10.1. The fourth-order valence-corrected chi connectivity index (χ4v) is 4.82. The van der Waals surface area contributed by atoms with Crippen molar-refractivity contribution < 1.29 is 4.79 Å². The Morgan fingerprint density at radius 3 is 2.86 bits per heavy atom. The van der Waals surface area contributed by atoms with E-state index in [-0.39, 0.29) is 5.91 Å². The Balaban J connectivity index is 1.84. The van der Waals surface area contributed by atoms with E-state index in [0.717, 1.165) is 72.1 Å². The maximum Gasteiger partial charge on any atom is 0.223 e. The van der Waals surface area contributed by atoms with Gasteiger partial charge in [-0.15, -0.1) is 0 Å². The molecule has 0 unspecified atom stereocenters. The van der Waals surface area contributed by atoms with E-state index in [1.165, 1.54) is 12.5 Å². The molecule has 28 heavy (non-hydrogen) atoms. The third-order valence-corrected chi connectivity index (χ3v) is 6.01. The summed E-state index contributed by atoms with van der Waals surface area (Å²) in [5, 5.41) is 8.51. The van der Waals surface area contributed by atoms with Gasteiger partial charge in [0.2, 0.25) is 5.91 Å². The SMILES string of the molecule is CC(=O)Nc1nc2c(s1)-c1c(c(C3=CCC(C)=N3)nn1CCN(C)C)CCC2. The number of fused-ring (bicyclic) bond motifs is 3. The van der Waals surface area contributed by atoms with Crippen LogP contribution in [0.5, 0.6) is 0 Å². The summed E-state index contributed by atoms with van der Waals surface area (Å²) < 4.78 is 2.12. The molecule has 0 radical (unpaired) electrons. The highest BCUT2D eigenvalue weighted by atomic mass is 32.1. The van der Waals surface area contributed by atoms with Crippen molar-refractivity contribution in [1.29, 1.82) is 0 Å². The van der Waals surface area contributed by atoms with Crippen molar-refractivity contribution in [2.45, 2.75) is 46.1 Å². The molecule has 2 aromatic heterocycles. The van der Waals surface area contributed by atoms with Crippen LogP contribution in [0.25, 0.3) is 16.3 Å². The van der Waals surface area contributed by atoms with Crippen LogP contribution in [0.2, 0.25) is 0 Å². The quantitative estimate of drug-likeness (QED) is 0.839. The van der Waals surface area contributed by atoms with Crippen LogP contribution in [-0.4, -0.2) is 51.9 Å². The molecule has 0 aromatic carbocycles. The molecule has 0 saturated carbocycles.